The van der Waals surface area contributed by atoms with E-state index < -0.39 is 24.8 Å². The van der Waals surface area contributed by atoms with E-state index in [-0.39, 0.29) is 28.2 Å². The van der Waals surface area contributed by atoms with Gasteiger partial charge < -0.3 is 24.1 Å². The van der Waals surface area contributed by atoms with Gasteiger partial charge in [0, 0.05) is 29.1 Å². The number of rotatable bonds is 9. The Bertz CT molecular complexity index is 892. The van der Waals surface area contributed by atoms with E-state index in [1.54, 1.807) is 6.07 Å². The van der Waals surface area contributed by atoms with Gasteiger partial charge in [-0.15, -0.1) is 0 Å². The second-order valence-electron chi connectivity index (χ2n) is 5.53. The first-order chi connectivity index (χ1) is 13.3. The van der Waals surface area contributed by atoms with Crippen LogP contribution in [-0.2, 0) is 11.2 Å². The molecule has 0 amide bonds. The summed E-state index contributed by atoms with van der Waals surface area (Å²) < 4.78 is 39.9. The molecule has 0 bridgehead atoms. The molecule has 0 unspecified atom stereocenters. The number of benzene rings is 2. The van der Waals surface area contributed by atoms with Gasteiger partial charge in [0.2, 0.25) is 0 Å². The van der Waals surface area contributed by atoms with Crippen LogP contribution in [0.1, 0.15) is 21.5 Å². The number of halogens is 2. The molecule has 28 heavy (non-hydrogen) atoms. The molecule has 0 N–H and O–H groups in total. The lowest BCUT2D eigenvalue weighted by Crippen LogP contribution is -2.24. The maximum Gasteiger partial charge on any atom is 0.387 e. The lowest BCUT2D eigenvalue weighted by atomic mass is 10.0. The molecule has 2 aromatic rings. The van der Waals surface area contributed by atoms with E-state index >= 15 is 0 Å². The number of carboxylic acids is 1. The van der Waals surface area contributed by atoms with Crippen LogP contribution in [0.5, 0.6) is 17.2 Å². The molecule has 0 fully saturated rings. The van der Waals surface area contributed by atoms with Gasteiger partial charge in [0.05, 0.1) is 14.2 Å². The predicted octanol–water partition coefficient (Wildman–Crippen LogP) is 2.49. The van der Waals surface area contributed by atoms with E-state index in [1.165, 1.54) is 50.6 Å². The molecule has 0 aromatic heterocycles. The molecule has 8 heteroatoms. The second kappa shape index (κ2) is 9.50. The number of carboxylic acid groups (broad SMARTS) is 1. The van der Waals surface area contributed by atoms with Gasteiger partial charge in [0.1, 0.15) is 5.75 Å². The van der Waals surface area contributed by atoms with Crippen LogP contribution >= 0.6 is 0 Å². The molecule has 6 nitrogen and oxygen atoms in total. The minimum atomic E-state index is -3.06. The maximum absolute atomic E-state index is 12.7. The van der Waals surface area contributed by atoms with Gasteiger partial charge in [-0.2, -0.15) is 8.78 Å². The molecule has 148 valence electrons. The van der Waals surface area contributed by atoms with Crippen molar-refractivity contribution in [1.82, 2.24) is 0 Å². The van der Waals surface area contributed by atoms with Crippen LogP contribution in [0, 0.1) is 0 Å². The second-order valence-corrected chi connectivity index (χ2v) is 5.53. The monoisotopic (exact) mass is 391 g/mol. The first-order valence-corrected chi connectivity index (χ1v) is 8.06. The van der Waals surface area contributed by atoms with Gasteiger partial charge >= 0.3 is 6.61 Å². The average molecular weight is 391 g/mol. The third-order valence-corrected chi connectivity index (χ3v) is 3.75. The summed E-state index contributed by atoms with van der Waals surface area (Å²) in [6.07, 6.45) is 2.05. The van der Waals surface area contributed by atoms with Gasteiger partial charge in [0.25, 0.3) is 0 Å². The van der Waals surface area contributed by atoms with Crippen LogP contribution in [0.25, 0.3) is 6.08 Å². The summed E-state index contributed by atoms with van der Waals surface area (Å²) in [7, 11) is 2.69. The predicted molar refractivity (Wildman–Crippen MR) is 94.7 cm³/mol. The molecule has 0 atom stereocenters. The van der Waals surface area contributed by atoms with E-state index in [2.05, 4.69) is 4.74 Å². The number of alkyl halides is 2. The van der Waals surface area contributed by atoms with E-state index in [9.17, 15) is 23.5 Å². The van der Waals surface area contributed by atoms with Crippen LogP contribution in [0.4, 0.5) is 8.78 Å². The zero-order valence-electron chi connectivity index (χ0n) is 15.1. The number of methoxy groups -OCH3 is 2. The highest BCUT2D eigenvalue weighted by atomic mass is 19.3. The van der Waals surface area contributed by atoms with E-state index in [0.717, 1.165) is 6.08 Å². The molecule has 0 aliphatic rings. The third-order valence-electron chi connectivity index (χ3n) is 3.75. The summed E-state index contributed by atoms with van der Waals surface area (Å²) in [5.41, 5.74) is 0.703. The Morgan fingerprint density at radius 1 is 1.11 bits per heavy atom. The van der Waals surface area contributed by atoms with Crippen molar-refractivity contribution in [2.45, 2.75) is 13.0 Å². The lowest BCUT2D eigenvalue weighted by Gasteiger charge is -2.12. The van der Waals surface area contributed by atoms with Crippen LogP contribution < -0.4 is 19.3 Å². The molecule has 0 aliphatic heterocycles. The topological polar surface area (TPSA) is 84.9 Å². The Morgan fingerprint density at radius 3 is 2.43 bits per heavy atom. The van der Waals surface area contributed by atoms with E-state index in [0.29, 0.717) is 5.75 Å². The zero-order valence-corrected chi connectivity index (χ0v) is 15.1. The van der Waals surface area contributed by atoms with Gasteiger partial charge in [-0.25, -0.2) is 0 Å². The number of carbonyl (C=O) groups excluding carboxylic acids is 2. The van der Waals surface area contributed by atoms with Gasteiger partial charge in [-0.05, 0) is 36.4 Å². The van der Waals surface area contributed by atoms with Crippen molar-refractivity contribution in [1.29, 1.82) is 0 Å². The van der Waals surface area contributed by atoms with Crippen molar-refractivity contribution < 1.29 is 37.7 Å². The molecular weight excluding hydrogens is 374 g/mol. The van der Waals surface area contributed by atoms with Crippen molar-refractivity contribution in [2.75, 3.05) is 14.2 Å². The number of para-hydroxylation sites is 1. The quantitative estimate of drug-likeness (QED) is 0.482. The molecule has 0 aliphatic carbocycles. The number of ether oxygens (including phenoxy) is 3. The van der Waals surface area contributed by atoms with Crippen molar-refractivity contribution in [3.05, 3.63) is 59.2 Å². The van der Waals surface area contributed by atoms with Crippen molar-refractivity contribution in [3.63, 3.8) is 0 Å². The fourth-order valence-electron chi connectivity index (χ4n) is 2.53. The number of allylic oxidation sites excluding steroid dienone is 1. The Kier molecular flexibility index (Phi) is 7.08. The molecule has 0 heterocycles. The molecule has 0 spiro atoms. The Balaban J connectivity index is 2.32. The van der Waals surface area contributed by atoms with Gasteiger partial charge in [0.15, 0.2) is 17.3 Å². The summed E-state index contributed by atoms with van der Waals surface area (Å²) in [6.45, 7) is -3.06. The van der Waals surface area contributed by atoms with Crippen LogP contribution in [-0.4, -0.2) is 32.6 Å². The standard InChI is InChI=1S/C20H18F2O6/c1-26-16-9-7-13(10-14(16)11-18(24)25)15(23)8-6-12-4-3-5-17(27-2)19(12)28-20(21)22/h3-10,20H,11H2,1-2H3,(H,24,25)/p-1/b8-6+. The number of hydrogen-bond donors (Lipinski definition) is 0. The van der Waals surface area contributed by atoms with Crippen molar-refractivity contribution >= 4 is 17.8 Å². The summed E-state index contributed by atoms with van der Waals surface area (Å²) in [5, 5.41) is 10.9. The normalized spacial score (nSPS) is 10.9. The summed E-state index contributed by atoms with van der Waals surface area (Å²) in [4.78, 5) is 23.3. The van der Waals surface area contributed by atoms with Crippen LogP contribution in [0.2, 0.25) is 0 Å². The number of aliphatic carboxylic acids is 1. The van der Waals surface area contributed by atoms with Crippen molar-refractivity contribution in [3.8, 4) is 17.2 Å². The summed E-state index contributed by atoms with van der Waals surface area (Å²) in [5.74, 6) is -1.58. The average Bonchev–Trinajstić information content (AvgIpc) is 2.65. The van der Waals surface area contributed by atoms with E-state index in [1.807, 2.05) is 0 Å². The molecule has 0 saturated carbocycles. The molecule has 0 radical (unpaired) electrons. The number of carbonyl (C=O) groups is 2. The highest BCUT2D eigenvalue weighted by molar-refractivity contribution is 6.07. The number of ketones is 1. The fraction of sp³-hybridized carbons (Fsp3) is 0.200. The fourth-order valence-corrected chi connectivity index (χ4v) is 2.53. The minimum Gasteiger partial charge on any atom is -0.550 e. The highest BCUT2D eigenvalue weighted by Crippen LogP contribution is 2.33. The molecule has 2 aromatic carbocycles. The van der Waals surface area contributed by atoms with Crippen molar-refractivity contribution in [2.24, 2.45) is 0 Å². The van der Waals surface area contributed by atoms with Gasteiger partial charge in [-0.3, -0.25) is 4.79 Å². The minimum absolute atomic E-state index is 0.0931. The first kappa shape index (κ1) is 20.9. The van der Waals surface area contributed by atoms with Crippen LogP contribution in [0.3, 0.4) is 0 Å². The Hall–Kier alpha value is -3.42. The SMILES string of the molecule is COc1ccc(C(=O)/C=C/c2cccc(OC)c2OC(F)F)cc1CC(=O)[O-]. The largest absolute Gasteiger partial charge is 0.550 e. The Labute approximate surface area is 160 Å². The highest BCUT2D eigenvalue weighted by Gasteiger charge is 2.14. The maximum atomic E-state index is 12.7. The molecular formula is C20H17F2O6-. The number of hydrogen-bond acceptors (Lipinski definition) is 6. The van der Waals surface area contributed by atoms with E-state index in [4.69, 9.17) is 9.47 Å². The zero-order chi connectivity index (χ0) is 20.7. The lowest BCUT2D eigenvalue weighted by molar-refractivity contribution is -0.304. The van der Waals surface area contributed by atoms with Crippen LogP contribution in [0.15, 0.2) is 42.5 Å². The summed E-state index contributed by atoms with van der Waals surface area (Å²) in [6, 6.07) is 8.81. The Morgan fingerprint density at radius 2 is 1.82 bits per heavy atom. The third kappa shape index (κ3) is 5.29. The summed E-state index contributed by atoms with van der Waals surface area (Å²) >= 11 is 0. The molecule has 2 rings (SSSR count). The molecule has 0 saturated heterocycles. The first-order valence-electron chi connectivity index (χ1n) is 8.06. The van der Waals surface area contributed by atoms with Gasteiger partial charge in [-0.1, -0.05) is 12.1 Å². The smallest absolute Gasteiger partial charge is 0.387 e.